The van der Waals surface area contributed by atoms with E-state index in [9.17, 15) is 0 Å². The highest BCUT2D eigenvalue weighted by molar-refractivity contribution is 7.16. The lowest BCUT2D eigenvalue weighted by molar-refractivity contribution is 0.412. The maximum Gasteiger partial charge on any atom is 0.187 e. The molecule has 0 fully saturated rings. The number of hydrogen-bond donors (Lipinski definition) is 0. The Morgan fingerprint density at radius 2 is 1.94 bits per heavy atom. The second-order valence-corrected chi connectivity index (χ2v) is 8.84. The van der Waals surface area contributed by atoms with Crippen LogP contribution in [0.1, 0.15) is 41.8 Å². The molecule has 0 spiro atoms. The first-order chi connectivity index (χ1) is 14.5. The number of halogens is 2. The molecule has 0 saturated carbocycles. The van der Waals surface area contributed by atoms with Crippen molar-refractivity contribution in [2.45, 2.75) is 39.7 Å². The number of ether oxygens (including phenoxy) is 1. The number of benzene rings is 2. The van der Waals surface area contributed by atoms with Gasteiger partial charge in [-0.2, -0.15) is 0 Å². The average molecular weight is 475 g/mol. The van der Waals surface area contributed by atoms with Crippen LogP contribution in [0.4, 0.5) is 5.13 Å². The largest absolute Gasteiger partial charge is 0.496 e. The quantitative estimate of drug-likeness (QED) is 0.316. The molecule has 0 aliphatic heterocycles. The van der Waals surface area contributed by atoms with Crippen molar-refractivity contribution in [2.75, 3.05) is 18.6 Å². The van der Waals surface area contributed by atoms with E-state index in [0.717, 1.165) is 45.4 Å². The lowest BCUT2D eigenvalue weighted by Gasteiger charge is -2.30. The number of terminal acetylenes is 1. The Morgan fingerprint density at radius 3 is 2.55 bits per heavy atom. The Hall–Kier alpha value is -2.19. The van der Waals surface area contributed by atoms with Crippen LogP contribution in [-0.4, -0.2) is 18.6 Å². The Kier molecular flexibility index (Phi) is 9.25. The van der Waals surface area contributed by atoms with Gasteiger partial charge in [0, 0.05) is 10.4 Å². The van der Waals surface area contributed by atoms with Crippen molar-refractivity contribution < 1.29 is 4.74 Å². The molecule has 1 aromatic heterocycles. The van der Waals surface area contributed by atoms with E-state index in [2.05, 4.69) is 48.9 Å². The minimum atomic E-state index is 0. The van der Waals surface area contributed by atoms with Gasteiger partial charge in [-0.15, -0.1) is 30.2 Å². The summed E-state index contributed by atoms with van der Waals surface area (Å²) in [5.74, 6) is 3.60. The topological polar surface area (TPSA) is 25.4 Å². The van der Waals surface area contributed by atoms with Crippen molar-refractivity contribution in [2.24, 2.45) is 0 Å². The Labute approximate surface area is 200 Å². The molecule has 2 aromatic carbocycles. The van der Waals surface area contributed by atoms with Crippen LogP contribution in [0.15, 0.2) is 42.5 Å². The fourth-order valence-corrected chi connectivity index (χ4v) is 4.90. The summed E-state index contributed by atoms with van der Waals surface area (Å²) in [4.78, 5) is 8.36. The van der Waals surface area contributed by atoms with Gasteiger partial charge in [0.1, 0.15) is 5.75 Å². The summed E-state index contributed by atoms with van der Waals surface area (Å²) in [5.41, 5.74) is 4.10. The van der Waals surface area contributed by atoms with Gasteiger partial charge in [0.15, 0.2) is 5.13 Å². The standard InChI is InChI=1S/C25H27ClN2OS.ClH/c1-6-11-22(19-12-9-8-10-13-19)28(14-7-2)25-27-24(18(4)30-25)20-15-17(3)23(29-5)16-21(20)26;/h2,8-10,12-13,15-16,22H,6,11,14H2,1,3-5H3;1H/t22-;/m0./s1. The summed E-state index contributed by atoms with van der Waals surface area (Å²) < 4.78 is 5.40. The Balaban J connectivity index is 0.00000341. The van der Waals surface area contributed by atoms with Crippen LogP contribution in [0.3, 0.4) is 0 Å². The number of nitrogens with zero attached hydrogens (tertiary/aromatic N) is 2. The summed E-state index contributed by atoms with van der Waals surface area (Å²) in [6.45, 7) is 6.79. The first-order valence-corrected chi connectivity index (χ1v) is 11.3. The van der Waals surface area contributed by atoms with Crippen molar-refractivity contribution in [3.63, 3.8) is 0 Å². The molecule has 1 atom stereocenters. The molecule has 0 radical (unpaired) electrons. The molecular formula is C25H28Cl2N2OS. The molecule has 164 valence electrons. The SMILES string of the molecule is C#CCN(c1nc(-c2cc(C)c(OC)cc2Cl)c(C)s1)[C@@H](CCC)c1ccccc1.Cl. The van der Waals surface area contributed by atoms with E-state index >= 15 is 0 Å². The summed E-state index contributed by atoms with van der Waals surface area (Å²) >= 11 is 8.24. The summed E-state index contributed by atoms with van der Waals surface area (Å²) in [6, 6.07) is 14.6. The molecule has 3 rings (SSSR count). The van der Waals surface area contributed by atoms with E-state index in [-0.39, 0.29) is 18.4 Å². The van der Waals surface area contributed by atoms with Gasteiger partial charge in [-0.3, -0.25) is 0 Å². The number of rotatable bonds is 8. The third-order valence-electron chi connectivity index (χ3n) is 5.15. The van der Waals surface area contributed by atoms with E-state index in [1.54, 1.807) is 18.4 Å². The third-order valence-corrected chi connectivity index (χ3v) is 6.48. The molecule has 0 aliphatic rings. The van der Waals surface area contributed by atoms with Gasteiger partial charge < -0.3 is 9.64 Å². The molecule has 0 N–H and O–H groups in total. The number of aromatic nitrogens is 1. The molecular weight excluding hydrogens is 447 g/mol. The van der Waals surface area contributed by atoms with E-state index in [1.807, 2.05) is 25.1 Å². The predicted octanol–water partition coefficient (Wildman–Crippen LogP) is 7.49. The molecule has 1 heterocycles. The number of methoxy groups -OCH3 is 1. The number of anilines is 1. The zero-order chi connectivity index (χ0) is 21.7. The fraction of sp³-hybridized carbons (Fsp3) is 0.320. The molecule has 0 bridgehead atoms. The highest BCUT2D eigenvalue weighted by atomic mass is 35.5. The highest BCUT2D eigenvalue weighted by Gasteiger charge is 2.24. The van der Waals surface area contributed by atoms with E-state index in [0.29, 0.717) is 11.6 Å². The van der Waals surface area contributed by atoms with E-state index in [4.69, 9.17) is 27.7 Å². The molecule has 0 aliphatic carbocycles. The van der Waals surface area contributed by atoms with Crippen molar-refractivity contribution in [3.05, 3.63) is 63.5 Å². The van der Waals surface area contributed by atoms with Gasteiger partial charge in [0.2, 0.25) is 0 Å². The molecule has 0 unspecified atom stereocenters. The molecule has 31 heavy (non-hydrogen) atoms. The predicted molar refractivity (Wildman–Crippen MR) is 136 cm³/mol. The van der Waals surface area contributed by atoms with Crippen molar-refractivity contribution in [3.8, 4) is 29.4 Å². The van der Waals surface area contributed by atoms with Gasteiger partial charge in [0.25, 0.3) is 0 Å². The Bertz CT molecular complexity index is 1040. The minimum Gasteiger partial charge on any atom is -0.496 e. The maximum absolute atomic E-state index is 6.58. The molecule has 3 aromatic rings. The first kappa shape index (κ1) is 25.1. The van der Waals surface area contributed by atoms with Crippen LogP contribution >= 0.6 is 35.3 Å². The lowest BCUT2D eigenvalue weighted by atomic mass is 10.0. The van der Waals surface area contributed by atoms with Gasteiger partial charge in [-0.25, -0.2) is 4.98 Å². The third kappa shape index (κ3) is 5.54. The highest BCUT2D eigenvalue weighted by Crippen LogP contribution is 2.41. The molecule has 0 amide bonds. The van der Waals surface area contributed by atoms with Crippen LogP contribution in [0, 0.1) is 26.2 Å². The zero-order valence-electron chi connectivity index (χ0n) is 18.3. The van der Waals surface area contributed by atoms with Gasteiger partial charge in [-0.1, -0.05) is 61.2 Å². The van der Waals surface area contributed by atoms with Crippen molar-refractivity contribution in [1.82, 2.24) is 4.98 Å². The van der Waals surface area contributed by atoms with Crippen LogP contribution in [0.5, 0.6) is 5.75 Å². The molecule has 6 heteroatoms. The number of hydrogen-bond acceptors (Lipinski definition) is 4. The lowest BCUT2D eigenvalue weighted by Crippen LogP contribution is -2.29. The van der Waals surface area contributed by atoms with Gasteiger partial charge in [-0.05, 0) is 43.5 Å². The molecule has 3 nitrogen and oxygen atoms in total. The summed E-state index contributed by atoms with van der Waals surface area (Å²) in [5, 5.41) is 1.56. The normalized spacial score (nSPS) is 11.4. The average Bonchev–Trinajstić information content (AvgIpc) is 3.13. The maximum atomic E-state index is 6.58. The Morgan fingerprint density at radius 1 is 1.23 bits per heavy atom. The van der Waals surface area contributed by atoms with E-state index in [1.165, 1.54) is 5.56 Å². The monoisotopic (exact) mass is 474 g/mol. The zero-order valence-corrected chi connectivity index (χ0v) is 20.7. The van der Waals surface area contributed by atoms with Crippen LogP contribution in [-0.2, 0) is 0 Å². The molecule has 0 saturated heterocycles. The number of aryl methyl sites for hydroxylation is 2. The van der Waals surface area contributed by atoms with Crippen molar-refractivity contribution >= 4 is 40.5 Å². The second-order valence-electron chi connectivity index (χ2n) is 7.25. The van der Waals surface area contributed by atoms with Crippen LogP contribution in [0.2, 0.25) is 5.02 Å². The second kappa shape index (κ2) is 11.4. The first-order valence-electron chi connectivity index (χ1n) is 10.1. The van der Waals surface area contributed by atoms with Crippen LogP contribution in [0.25, 0.3) is 11.3 Å². The summed E-state index contributed by atoms with van der Waals surface area (Å²) in [7, 11) is 1.65. The van der Waals surface area contributed by atoms with Gasteiger partial charge >= 0.3 is 0 Å². The van der Waals surface area contributed by atoms with E-state index < -0.39 is 0 Å². The minimum absolute atomic E-state index is 0. The van der Waals surface area contributed by atoms with Crippen molar-refractivity contribution in [1.29, 1.82) is 0 Å². The fourth-order valence-electron chi connectivity index (χ4n) is 3.68. The summed E-state index contributed by atoms with van der Waals surface area (Å²) in [6.07, 6.45) is 7.82. The van der Waals surface area contributed by atoms with Gasteiger partial charge in [0.05, 0.1) is 30.4 Å². The van der Waals surface area contributed by atoms with Crippen LogP contribution < -0.4 is 9.64 Å². The smallest absolute Gasteiger partial charge is 0.187 e. The number of thiazole rings is 1.